The molecule has 1 amide bonds. The molecule has 0 aromatic carbocycles. The average Bonchev–Trinajstić information content (AvgIpc) is 2.26. The van der Waals surface area contributed by atoms with Crippen LogP contribution in [-0.2, 0) is 9.53 Å². The van der Waals surface area contributed by atoms with Gasteiger partial charge in [0.2, 0.25) is 5.91 Å². The van der Waals surface area contributed by atoms with Crippen molar-refractivity contribution in [3.05, 3.63) is 0 Å². The van der Waals surface area contributed by atoms with Gasteiger partial charge in [-0.25, -0.2) is 0 Å². The van der Waals surface area contributed by atoms with E-state index in [2.05, 4.69) is 5.32 Å². The maximum absolute atomic E-state index is 11.5. The van der Waals surface area contributed by atoms with Gasteiger partial charge in [-0.2, -0.15) is 0 Å². The third-order valence-corrected chi connectivity index (χ3v) is 2.50. The van der Waals surface area contributed by atoms with E-state index in [0.717, 1.165) is 19.3 Å². The highest BCUT2D eigenvalue weighted by Crippen LogP contribution is 2.12. The van der Waals surface area contributed by atoms with Gasteiger partial charge in [0.25, 0.3) is 0 Å². The van der Waals surface area contributed by atoms with Crippen molar-refractivity contribution in [2.45, 2.75) is 32.3 Å². The fourth-order valence-corrected chi connectivity index (χ4v) is 1.42. The summed E-state index contributed by atoms with van der Waals surface area (Å²) in [6.07, 6.45) is 2.78. The van der Waals surface area contributed by atoms with Gasteiger partial charge in [0.05, 0.1) is 0 Å². The van der Waals surface area contributed by atoms with Crippen molar-refractivity contribution >= 4 is 18.3 Å². The second kappa shape index (κ2) is 7.91. The zero-order chi connectivity index (χ0) is 10.4. The van der Waals surface area contributed by atoms with E-state index in [4.69, 9.17) is 10.5 Å². The van der Waals surface area contributed by atoms with Crippen LogP contribution in [0, 0.1) is 5.92 Å². The largest absolute Gasteiger partial charge is 0.368 e. The van der Waals surface area contributed by atoms with Gasteiger partial charge in [0.1, 0.15) is 6.10 Å². The molecule has 1 aliphatic rings. The van der Waals surface area contributed by atoms with Crippen molar-refractivity contribution in [2.24, 2.45) is 11.7 Å². The van der Waals surface area contributed by atoms with Gasteiger partial charge >= 0.3 is 0 Å². The molecule has 2 atom stereocenters. The number of hydrogen-bond donors (Lipinski definition) is 2. The Bertz CT molecular complexity index is 184. The SMILES string of the molecule is CC(CN)CNC(=O)C1CCCCO1.Cl. The van der Waals surface area contributed by atoms with Gasteiger partial charge in [-0.05, 0) is 31.7 Å². The van der Waals surface area contributed by atoms with Crippen LogP contribution in [-0.4, -0.2) is 31.7 Å². The summed E-state index contributed by atoms with van der Waals surface area (Å²) in [5, 5.41) is 2.86. The minimum atomic E-state index is -0.228. The Morgan fingerprint density at radius 1 is 1.60 bits per heavy atom. The molecule has 1 aliphatic heterocycles. The summed E-state index contributed by atoms with van der Waals surface area (Å²) in [5.74, 6) is 0.354. The summed E-state index contributed by atoms with van der Waals surface area (Å²) in [5.41, 5.74) is 5.45. The summed E-state index contributed by atoms with van der Waals surface area (Å²) in [4.78, 5) is 11.5. The molecule has 0 radical (unpaired) electrons. The molecule has 1 rings (SSSR count). The van der Waals surface area contributed by atoms with E-state index >= 15 is 0 Å². The number of amides is 1. The van der Waals surface area contributed by atoms with Crippen LogP contribution in [0.15, 0.2) is 0 Å². The van der Waals surface area contributed by atoms with Crippen molar-refractivity contribution in [1.82, 2.24) is 5.32 Å². The van der Waals surface area contributed by atoms with Crippen molar-refractivity contribution in [1.29, 1.82) is 0 Å². The quantitative estimate of drug-likeness (QED) is 0.755. The summed E-state index contributed by atoms with van der Waals surface area (Å²) >= 11 is 0. The lowest BCUT2D eigenvalue weighted by atomic mass is 10.1. The molecule has 3 N–H and O–H groups in total. The van der Waals surface area contributed by atoms with Crippen molar-refractivity contribution in [2.75, 3.05) is 19.7 Å². The van der Waals surface area contributed by atoms with E-state index in [-0.39, 0.29) is 24.4 Å². The Kier molecular flexibility index (Phi) is 7.74. The van der Waals surface area contributed by atoms with Crippen molar-refractivity contribution in [3.63, 3.8) is 0 Å². The van der Waals surface area contributed by atoms with Gasteiger partial charge in [0.15, 0.2) is 0 Å². The minimum Gasteiger partial charge on any atom is -0.368 e. The molecule has 1 heterocycles. The van der Waals surface area contributed by atoms with E-state index < -0.39 is 0 Å². The number of ether oxygens (including phenoxy) is 1. The monoisotopic (exact) mass is 236 g/mol. The Balaban J connectivity index is 0.00000196. The highest BCUT2D eigenvalue weighted by atomic mass is 35.5. The molecular formula is C10H21ClN2O2. The van der Waals surface area contributed by atoms with Crippen LogP contribution in [0.1, 0.15) is 26.2 Å². The van der Waals surface area contributed by atoms with Crippen LogP contribution < -0.4 is 11.1 Å². The van der Waals surface area contributed by atoms with Crippen LogP contribution in [0.5, 0.6) is 0 Å². The fourth-order valence-electron chi connectivity index (χ4n) is 1.42. The van der Waals surface area contributed by atoms with Crippen LogP contribution in [0.4, 0.5) is 0 Å². The Morgan fingerprint density at radius 2 is 2.33 bits per heavy atom. The first-order valence-corrected chi connectivity index (χ1v) is 5.33. The van der Waals surface area contributed by atoms with Crippen LogP contribution in [0.2, 0.25) is 0 Å². The van der Waals surface area contributed by atoms with Crippen LogP contribution in [0.25, 0.3) is 0 Å². The normalized spacial score (nSPS) is 22.7. The Morgan fingerprint density at radius 3 is 2.87 bits per heavy atom. The standard InChI is InChI=1S/C10H20N2O2.ClH/c1-8(6-11)7-12-10(13)9-4-2-3-5-14-9;/h8-9H,2-7,11H2,1H3,(H,12,13);1H. The second-order valence-electron chi connectivity index (χ2n) is 3.94. The lowest BCUT2D eigenvalue weighted by Gasteiger charge is -2.22. The topological polar surface area (TPSA) is 64.3 Å². The number of carbonyl (C=O) groups excluding carboxylic acids is 1. The van der Waals surface area contributed by atoms with E-state index in [1.54, 1.807) is 0 Å². The molecule has 1 fully saturated rings. The number of nitrogens with one attached hydrogen (secondary N) is 1. The van der Waals surface area contributed by atoms with Gasteiger partial charge < -0.3 is 15.8 Å². The molecule has 0 aromatic rings. The zero-order valence-corrected chi connectivity index (χ0v) is 10.0. The first-order chi connectivity index (χ1) is 6.74. The zero-order valence-electron chi connectivity index (χ0n) is 9.20. The molecule has 0 aliphatic carbocycles. The average molecular weight is 237 g/mol. The summed E-state index contributed by atoms with van der Waals surface area (Å²) in [6, 6.07) is 0. The van der Waals surface area contributed by atoms with Crippen LogP contribution >= 0.6 is 12.4 Å². The number of carbonyl (C=O) groups is 1. The predicted molar refractivity (Wildman–Crippen MR) is 62.1 cm³/mol. The third kappa shape index (κ3) is 5.35. The van der Waals surface area contributed by atoms with Gasteiger partial charge in [-0.1, -0.05) is 6.92 Å². The smallest absolute Gasteiger partial charge is 0.249 e. The molecular weight excluding hydrogens is 216 g/mol. The first kappa shape index (κ1) is 14.7. The molecule has 0 saturated carbocycles. The van der Waals surface area contributed by atoms with Gasteiger partial charge in [-0.15, -0.1) is 12.4 Å². The highest BCUT2D eigenvalue weighted by Gasteiger charge is 2.21. The molecule has 90 valence electrons. The summed E-state index contributed by atoms with van der Waals surface area (Å²) < 4.78 is 5.36. The molecule has 1 saturated heterocycles. The fraction of sp³-hybridized carbons (Fsp3) is 0.900. The third-order valence-electron chi connectivity index (χ3n) is 2.50. The number of nitrogens with two attached hydrogens (primary N) is 1. The Labute approximate surface area is 97.3 Å². The predicted octanol–water partition coefficient (Wildman–Crippen LogP) is 0.688. The van der Waals surface area contributed by atoms with E-state index in [9.17, 15) is 4.79 Å². The Hall–Kier alpha value is -0.320. The lowest BCUT2D eigenvalue weighted by Crippen LogP contribution is -2.41. The number of halogens is 1. The van der Waals surface area contributed by atoms with Gasteiger partial charge in [-0.3, -0.25) is 4.79 Å². The summed E-state index contributed by atoms with van der Waals surface area (Å²) in [6.45, 7) is 3.98. The van der Waals surface area contributed by atoms with E-state index in [0.29, 0.717) is 25.6 Å². The van der Waals surface area contributed by atoms with Crippen molar-refractivity contribution < 1.29 is 9.53 Å². The summed E-state index contributed by atoms with van der Waals surface area (Å²) in [7, 11) is 0. The van der Waals surface area contributed by atoms with E-state index in [1.165, 1.54) is 0 Å². The maximum atomic E-state index is 11.5. The molecule has 5 heteroatoms. The second-order valence-corrected chi connectivity index (χ2v) is 3.94. The molecule has 0 spiro atoms. The minimum absolute atomic E-state index is 0. The van der Waals surface area contributed by atoms with E-state index in [1.807, 2.05) is 6.92 Å². The molecule has 15 heavy (non-hydrogen) atoms. The molecule has 0 aromatic heterocycles. The first-order valence-electron chi connectivity index (χ1n) is 5.33. The molecule has 2 unspecified atom stereocenters. The molecule has 0 bridgehead atoms. The maximum Gasteiger partial charge on any atom is 0.249 e. The number of hydrogen-bond acceptors (Lipinski definition) is 3. The number of rotatable bonds is 4. The lowest BCUT2D eigenvalue weighted by molar-refractivity contribution is -0.135. The van der Waals surface area contributed by atoms with Gasteiger partial charge in [0, 0.05) is 13.2 Å². The van der Waals surface area contributed by atoms with Crippen molar-refractivity contribution in [3.8, 4) is 0 Å². The molecule has 4 nitrogen and oxygen atoms in total. The van der Waals surface area contributed by atoms with Crippen LogP contribution in [0.3, 0.4) is 0 Å². The highest BCUT2D eigenvalue weighted by molar-refractivity contribution is 5.85.